The topological polar surface area (TPSA) is 22.1 Å². The fourth-order valence-corrected chi connectivity index (χ4v) is 2.87. The molecule has 0 unspecified atom stereocenters. The fraction of sp³-hybridized carbons (Fsp3) is 0.500. The Morgan fingerprint density at radius 2 is 1.46 bits per heavy atom. The average Bonchev–Trinajstić information content (AvgIpc) is 2.62. The highest BCUT2D eigenvalue weighted by atomic mass is 16.5. The Bertz CT molecular complexity index is 560. The Morgan fingerprint density at radius 1 is 0.750 bits per heavy atom. The summed E-state index contributed by atoms with van der Waals surface area (Å²) in [5.74, 6) is 0.950. The summed E-state index contributed by atoms with van der Waals surface area (Å²) in [5, 5.41) is 0. The van der Waals surface area contributed by atoms with E-state index >= 15 is 0 Å². The lowest BCUT2D eigenvalue weighted by Crippen LogP contribution is -1.96. The maximum absolute atomic E-state index is 5.48. The molecule has 2 rings (SSSR count). The summed E-state index contributed by atoms with van der Waals surface area (Å²) in [6.45, 7) is 4.99. The number of hydrogen-bond acceptors (Lipinski definition) is 2. The van der Waals surface area contributed by atoms with Gasteiger partial charge in [0, 0.05) is 11.9 Å². The molecule has 0 N–H and O–H groups in total. The Morgan fingerprint density at radius 3 is 2.12 bits per heavy atom. The summed E-state index contributed by atoms with van der Waals surface area (Å²) in [5.41, 5.74) is 3.90. The minimum atomic E-state index is 0.718. The van der Waals surface area contributed by atoms with E-state index in [1.54, 1.807) is 0 Å². The van der Waals surface area contributed by atoms with Gasteiger partial charge in [-0.05, 0) is 61.9 Å². The zero-order chi connectivity index (χ0) is 17.0. The van der Waals surface area contributed by atoms with Crippen LogP contribution < -0.4 is 4.74 Å². The number of rotatable bonds is 11. The van der Waals surface area contributed by atoms with Gasteiger partial charge < -0.3 is 4.74 Å². The van der Waals surface area contributed by atoms with Crippen molar-refractivity contribution in [2.45, 2.75) is 65.2 Å². The summed E-state index contributed by atoms with van der Waals surface area (Å²) < 4.78 is 5.48. The SMILES string of the molecule is CCCCCCCc1ccc(CCc2ccc(OCC)cc2)cn1. The first-order chi connectivity index (χ1) is 11.8. The molecular weight excluding hydrogens is 294 g/mol. The van der Waals surface area contributed by atoms with Crippen molar-refractivity contribution >= 4 is 0 Å². The number of aromatic nitrogens is 1. The highest BCUT2D eigenvalue weighted by Gasteiger charge is 2.00. The van der Waals surface area contributed by atoms with E-state index in [1.165, 1.54) is 48.9 Å². The number of hydrogen-bond donors (Lipinski definition) is 0. The molecule has 2 heteroatoms. The molecule has 0 amide bonds. The van der Waals surface area contributed by atoms with Crippen LogP contribution in [0.1, 0.15) is 62.8 Å². The van der Waals surface area contributed by atoms with Gasteiger partial charge in [0.25, 0.3) is 0 Å². The van der Waals surface area contributed by atoms with E-state index in [-0.39, 0.29) is 0 Å². The van der Waals surface area contributed by atoms with Crippen molar-refractivity contribution in [3.63, 3.8) is 0 Å². The highest BCUT2D eigenvalue weighted by Crippen LogP contribution is 2.14. The Kier molecular flexibility index (Phi) is 8.37. The summed E-state index contributed by atoms with van der Waals surface area (Å²) in [6, 6.07) is 12.9. The normalized spacial score (nSPS) is 10.8. The van der Waals surface area contributed by atoms with Crippen LogP contribution in [0.25, 0.3) is 0 Å². The zero-order valence-electron chi connectivity index (χ0n) is 15.3. The van der Waals surface area contributed by atoms with Crippen LogP contribution >= 0.6 is 0 Å². The molecule has 1 heterocycles. The van der Waals surface area contributed by atoms with E-state index in [1.807, 2.05) is 6.92 Å². The van der Waals surface area contributed by atoms with Gasteiger partial charge in [-0.15, -0.1) is 0 Å². The molecule has 0 fully saturated rings. The maximum atomic E-state index is 5.48. The van der Waals surface area contributed by atoms with Crippen LogP contribution in [0.4, 0.5) is 0 Å². The second kappa shape index (κ2) is 10.9. The smallest absolute Gasteiger partial charge is 0.119 e. The number of ether oxygens (including phenoxy) is 1. The van der Waals surface area contributed by atoms with Gasteiger partial charge in [0.15, 0.2) is 0 Å². The second-order valence-electron chi connectivity index (χ2n) is 6.40. The Balaban J connectivity index is 1.73. The quantitative estimate of drug-likeness (QED) is 0.489. The minimum Gasteiger partial charge on any atom is -0.494 e. The molecule has 0 saturated carbocycles. The third-order valence-electron chi connectivity index (χ3n) is 4.36. The Labute approximate surface area is 147 Å². The molecule has 0 spiro atoms. The third-order valence-corrected chi connectivity index (χ3v) is 4.36. The van der Waals surface area contributed by atoms with E-state index in [2.05, 4.69) is 54.5 Å². The van der Waals surface area contributed by atoms with Crippen LogP contribution in [0, 0.1) is 0 Å². The predicted molar refractivity (Wildman–Crippen MR) is 102 cm³/mol. The first-order valence-electron chi connectivity index (χ1n) is 9.47. The highest BCUT2D eigenvalue weighted by molar-refractivity contribution is 5.28. The summed E-state index contributed by atoms with van der Waals surface area (Å²) in [6.07, 6.45) is 11.9. The average molecular weight is 325 g/mol. The van der Waals surface area contributed by atoms with Crippen LogP contribution in [0.3, 0.4) is 0 Å². The molecule has 2 nitrogen and oxygen atoms in total. The van der Waals surface area contributed by atoms with Crippen molar-refractivity contribution in [1.82, 2.24) is 4.98 Å². The van der Waals surface area contributed by atoms with Gasteiger partial charge in [0.2, 0.25) is 0 Å². The van der Waals surface area contributed by atoms with Gasteiger partial charge in [0.1, 0.15) is 5.75 Å². The number of benzene rings is 1. The first kappa shape index (κ1) is 18.5. The van der Waals surface area contributed by atoms with E-state index in [4.69, 9.17) is 4.74 Å². The molecule has 24 heavy (non-hydrogen) atoms. The maximum Gasteiger partial charge on any atom is 0.119 e. The minimum absolute atomic E-state index is 0.718. The molecule has 0 aliphatic heterocycles. The van der Waals surface area contributed by atoms with E-state index in [0.717, 1.165) is 31.6 Å². The molecular formula is C22H31NO. The lowest BCUT2D eigenvalue weighted by Gasteiger charge is -2.06. The molecule has 2 aromatic rings. The van der Waals surface area contributed by atoms with Gasteiger partial charge >= 0.3 is 0 Å². The number of aryl methyl sites for hydroxylation is 3. The van der Waals surface area contributed by atoms with Gasteiger partial charge in [-0.25, -0.2) is 0 Å². The van der Waals surface area contributed by atoms with E-state index in [0.29, 0.717) is 0 Å². The molecule has 0 bridgehead atoms. The van der Waals surface area contributed by atoms with Crippen LogP contribution in [-0.2, 0) is 19.3 Å². The molecule has 0 aliphatic rings. The molecule has 0 atom stereocenters. The molecule has 1 aromatic carbocycles. The Hall–Kier alpha value is -1.83. The van der Waals surface area contributed by atoms with Crippen molar-refractivity contribution in [3.8, 4) is 5.75 Å². The second-order valence-corrected chi connectivity index (χ2v) is 6.40. The largest absolute Gasteiger partial charge is 0.494 e. The van der Waals surface area contributed by atoms with Crippen LogP contribution in [0.2, 0.25) is 0 Å². The van der Waals surface area contributed by atoms with Crippen LogP contribution in [0.5, 0.6) is 5.75 Å². The predicted octanol–water partition coefficient (Wildman–Crippen LogP) is 5.78. The molecule has 0 saturated heterocycles. The monoisotopic (exact) mass is 325 g/mol. The van der Waals surface area contributed by atoms with Crippen molar-refractivity contribution in [2.75, 3.05) is 6.61 Å². The zero-order valence-corrected chi connectivity index (χ0v) is 15.3. The van der Waals surface area contributed by atoms with Gasteiger partial charge in [0.05, 0.1) is 6.61 Å². The molecule has 1 aromatic heterocycles. The van der Waals surface area contributed by atoms with Crippen molar-refractivity contribution in [3.05, 3.63) is 59.4 Å². The van der Waals surface area contributed by atoms with Crippen LogP contribution in [-0.4, -0.2) is 11.6 Å². The molecule has 0 radical (unpaired) electrons. The van der Waals surface area contributed by atoms with Crippen molar-refractivity contribution in [2.24, 2.45) is 0 Å². The van der Waals surface area contributed by atoms with E-state index in [9.17, 15) is 0 Å². The number of nitrogens with zero attached hydrogens (tertiary/aromatic N) is 1. The molecule has 130 valence electrons. The summed E-state index contributed by atoms with van der Waals surface area (Å²) >= 11 is 0. The number of unbranched alkanes of at least 4 members (excludes halogenated alkanes) is 4. The van der Waals surface area contributed by atoms with Crippen LogP contribution in [0.15, 0.2) is 42.6 Å². The first-order valence-corrected chi connectivity index (χ1v) is 9.47. The third kappa shape index (κ3) is 6.74. The van der Waals surface area contributed by atoms with Gasteiger partial charge in [-0.1, -0.05) is 50.8 Å². The molecule has 0 aliphatic carbocycles. The fourth-order valence-electron chi connectivity index (χ4n) is 2.87. The standard InChI is InChI=1S/C22H31NO/c1-3-5-6-7-8-9-21-15-12-20(18-23-21)11-10-19-13-16-22(17-14-19)24-4-2/h12-18H,3-11H2,1-2H3. The number of pyridine rings is 1. The van der Waals surface area contributed by atoms with E-state index < -0.39 is 0 Å². The van der Waals surface area contributed by atoms with Gasteiger partial charge in [-0.2, -0.15) is 0 Å². The lowest BCUT2D eigenvalue weighted by molar-refractivity contribution is 0.340. The lowest BCUT2D eigenvalue weighted by atomic mass is 10.0. The van der Waals surface area contributed by atoms with Crippen molar-refractivity contribution in [1.29, 1.82) is 0 Å². The summed E-state index contributed by atoms with van der Waals surface area (Å²) in [7, 11) is 0. The van der Waals surface area contributed by atoms with Gasteiger partial charge in [-0.3, -0.25) is 4.98 Å². The summed E-state index contributed by atoms with van der Waals surface area (Å²) in [4.78, 5) is 4.63. The van der Waals surface area contributed by atoms with Crippen molar-refractivity contribution < 1.29 is 4.74 Å².